The zero-order chi connectivity index (χ0) is 18.9. The molecule has 2 amide bonds. The molecule has 0 spiro atoms. The van der Waals surface area contributed by atoms with Crippen molar-refractivity contribution in [1.82, 2.24) is 4.90 Å². The summed E-state index contributed by atoms with van der Waals surface area (Å²) in [5, 5.41) is 1.87. The zero-order valence-corrected chi connectivity index (χ0v) is 17.5. The first-order valence-corrected chi connectivity index (χ1v) is 9.64. The van der Waals surface area contributed by atoms with Gasteiger partial charge in [0.25, 0.3) is 11.8 Å². The van der Waals surface area contributed by atoms with Gasteiger partial charge in [-0.1, -0.05) is 32.0 Å². The number of nitrogens with zero attached hydrogens (tertiary/aromatic N) is 2. The van der Waals surface area contributed by atoms with E-state index in [-0.39, 0.29) is 35.7 Å². The molecule has 27 heavy (non-hydrogen) atoms. The number of carbonyl (C=O) groups is 2. The monoisotopic (exact) mass is 407 g/mol. The van der Waals surface area contributed by atoms with E-state index >= 15 is 0 Å². The van der Waals surface area contributed by atoms with Crippen LogP contribution < -0.4 is 10.6 Å². The maximum absolute atomic E-state index is 13.2. The zero-order valence-electron chi connectivity index (χ0n) is 15.8. The summed E-state index contributed by atoms with van der Waals surface area (Å²) >= 11 is 1.40. The van der Waals surface area contributed by atoms with Gasteiger partial charge in [-0.2, -0.15) is 0 Å². The molecule has 1 unspecified atom stereocenters. The lowest BCUT2D eigenvalue weighted by atomic mass is 9.79. The number of nitrogens with two attached hydrogens (primary N) is 1. The minimum atomic E-state index is -0.123. The van der Waals surface area contributed by atoms with Crippen molar-refractivity contribution < 1.29 is 9.59 Å². The number of hydrogen-bond acceptors (Lipinski definition) is 4. The molecule has 0 bridgehead atoms. The van der Waals surface area contributed by atoms with Crippen molar-refractivity contribution >= 4 is 41.2 Å². The van der Waals surface area contributed by atoms with E-state index in [1.807, 2.05) is 34.5 Å². The fraction of sp³-hybridized carbons (Fsp3) is 0.400. The van der Waals surface area contributed by atoms with Gasteiger partial charge in [0.05, 0.1) is 16.1 Å². The predicted octanol–water partition coefficient (Wildman–Crippen LogP) is 3.65. The molecule has 3 rings (SSSR count). The third-order valence-corrected chi connectivity index (χ3v) is 5.99. The minimum absolute atomic E-state index is 0. The minimum Gasteiger partial charge on any atom is -0.338 e. The molecule has 2 heterocycles. The Hall–Kier alpha value is -1.89. The van der Waals surface area contributed by atoms with Crippen LogP contribution in [0.5, 0.6) is 0 Å². The Labute approximate surface area is 170 Å². The number of para-hydroxylation sites is 1. The molecule has 5 nitrogen and oxygen atoms in total. The van der Waals surface area contributed by atoms with Crippen LogP contribution in [0, 0.1) is 5.41 Å². The number of carbonyl (C=O) groups excluding carboxylic acids is 2. The van der Waals surface area contributed by atoms with Gasteiger partial charge in [0, 0.05) is 26.2 Å². The quantitative estimate of drug-likeness (QED) is 0.844. The Morgan fingerprint density at radius 3 is 2.56 bits per heavy atom. The molecule has 1 saturated heterocycles. The average Bonchev–Trinajstić information content (AvgIpc) is 3.16. The van der Waals surface area contributed by atoms with Crippen LogP contribution in [-0.2, 0) is 0 Å². The number of piperidine rings is 1. The highest BCUT2D eigenvalue weighted by Gasteiger charge is 2.36. The molecule has 2 aromatic rings. The summed E-state index contributed by atoms with van der Waals surface area (Å²) in [5.74, 6) is -0.160. The van der Waals surface area contributed by atoms with Crippen molar-refractivity contribution in [2.24, 2.45) is 11.1 Å². The van der Waals surface area contributed by atoms with Gasteiger partial charge >= 0.3 is 0 Å². The summed E-state index contributed by atoms with van der Waals surface area (Å²) in [5.41, 5.74) is 7.25. The fourth-order valence-electron chi connectivity index (χ4n) is 3.34. The van der Waals surface area contributed by atoms with E-state index in [2.05, 4.69) is 13.8 Å². The van der Waals surface area contributed by atoms with Gasteiger partial charge in [-0.3, -0.25) is 9.59 Å². The van der Waals surface area contributed by atoms with Gasteiger partial charge in [0.2, 0.25) is 0 Å². The Bertz CT molecular complexity index is 807. The summed E-state index contributed by atoms with van der Waals surface area (Å²) in [4.78, 5) is 29.9. The summed E-state index contributed by atoms with van der Waals surface area (Å²) in [6.07, 6.45) is 0.783. The maximum Gasteiger partial charge on any atom is 0.268 e. The van der Waals surface area contributed by atoms with Gasteiger partial charge in [-0.15, -0.1) is 23.7 Å². The summed E-state index contributed by atoms with van der Waals surface area (Å²) < 4.78 is 0. The van der Waals surface area contributed by atoms with Crippen LogP contribution in [0.25, 0.3) is 0 Å². The Kier molecular flexibility index (Phi) is 6.68. The highest BCUT2D eigenvalue weighted by atomic mass is 35.5. The molecule has 7 heteroatoms. The van der Waals surface area contributed by atoms with E-state index in [0.717, 1.165) is 6.42 Å². The largest absolute Gasteiger partial charge is 0.338 e. The van der Waals surface area contributed by atoms with E-state index < -0.39 is 0 Å². The van der Waals surface area contributed by atoms with Crippen molar-refractivity contribution in [1.29, 1.82) is 0 Å². The number of thiophene rings is 1. The first-order chi connectivity index (χ1) is 12.3. The first kappa shape index (κ1) is 21.4. The van der Waals surface area contributed by atoms with E-state index in [1.54, 1.807) is 24.1 Å². The van der Waals surface area contributed by atoms with Crippen LogP contribution in [0.4, 0.5) is 5.69 Å². The molecule has 0 radical (unpaired) electrons. The maximum atomic E-state index is 13.2. The molecule has 1 aliphatic heterocycles. The van der Waals surface area contributed by atoms with Crippen molar-refractivity contribution in [3.05, 3.63) is 52.2 Å². The highest BCUT2D eigenvalue weighted by molar-refractivity contribution is 7.12. The number of benzene rings is 1. The average molecular weight is 408 g/mol. The first-order valence-electron chi connectivity index (χ1n) is 8.77. The van der Waals surface area contributed by atoms with Crippen molar-refractivity contribution in [3.63, 3.8) is 0 Å². The van der Waals surface area contributed by atoms with Gasteiger partial charge in [0.15, 0.2) is 0 Å². The second-order valence-corrected chi connectivity index (χ2v) is 8.42. The molecular weight excluding hydrogens is 382 g/mol. The lowest BCUT2D eigenvalue weighted by Crippen LogP contribution is -2.54. The second kappa shape index (κ2) is 8.42. The molecule has 146 valence electrons. The predicted molar refractivity (Wildman–Crippen MR) is 113 cm³/mol. The number of hydrogen-bond donors (Lipinski definition) is 1. The SMILES string of the molecule is CN(C(=O)c1cccs1)c1ccccc1C(=O)N1CCC(N)C(C)(C)C1.Cl. The van der Waals surface area contributed by atoms with Gasteiger partial charge in [-0.05, 0) is 35.4 Å². The van der Waals surface area contributed by atoms with Gasteiger partial charge < -0.3 is 15.5 Å². The molecule has 1 fully saturated rings. The molecule has 0 aliphatic carbocycles. The molecule has 1 aliphatic rings. The van der Waals surface area contributed by atoms with Crippen molar-refractivity contribution in [2.45, 2.75) is 26.3 Å². The van der Waals surface area contributed by atoms with Crippen LogP contribution in [0.3, 0.4) is 0 Å². The number of anilines is 1. The number of likely N-dealkylation sites (tertiary alicyclic amines) is 1. The fourth-order valence-corrected chi connectivity index (χ4v) is 4.04. The van der Waals surface area contributed by atoms with E-state index in [9.17, 15) is 9.59 Å². The third-order valence-electron chi connectivity index (χ3n) is 5.13. The van der Waals surface area contributed by atoms with Gasteiger partial charge in [0.1, 0.15) is 0 Å². The van der Waals surface area contributed by atoms with Crippen LogP contribution in [-0.4, -0.2) is 42.9 Å². The third kappa shape index (κ3) is 4.34. The van der Waals surface area contributed by atoms with Crippen LogP contribution in [0.1, 0.15) is 40.3 Å². The smallest absolute Gasteiger partial charge is 0.268 e. The Morgan fingerprint density at radius 2 is 1.93 bits per heavy atom. The number of rotatable bonds is 3. The van der Waals surface area contributed by atoms with Crippen LogP contribution in [0.15, 0.2) is 41.8 Å². The summed E-state index contributed by atoms with van der Waals surface area (Å²) in [7, 11) is 1.71. The normalized spacial score (nSPS) is 18.5. The molecule has 1 aromatic carbocycles. The van der Waals surface area contributed by atoms with Gasteiger partial charge in [-0.25, -0.2) is 0 Å². The summed E-state index contributed by atoms with van der Waals surface area (Å²) in [6, 6.07) is 11.0. The molecule has 0 saturated carbocycles. The van der Waals surface area contributed by atoms with Crippen LogP contribution >= 0.6 is 23.7 Å². The van der Waals surface area contributed by atoms with Crippen LogP contribution in [0.2, 0.25) is 0 Å². The molecule has 2 N–H and O–H groups in total. The topological polar surface area (TPSA) is 66.6 Å². The second-order valence-electron chi connectivity index (χ2n) is 7.47. The lowest BCUT2D eigenvalue weighted by molar-refractivity contribution is 0.0533. The standard InChI is InChI=1S/C20H25N3O2S.ClH/c1-20(2)13-23(11-10-17(20)21)18(24)14-7-4-5-8-15(14)22(3)19(25)16-9-6-12-26-16;/h4-9,12,17H,10-11,13,21H2,1-3H3;1H. The van der Waals surface area contributed by atoms with E-state index in [0.29, 0.717) is 29.2 Å². The Morgan fingerprint density at radius 1 is 1.22 bits per heavy atom. The van der Waals surface area contributed by atoms with E-state index in [1.165, 1.54) is 11.3 Å². The van der Waals surface area contributed by atoms with Crippen molar-refractivity contribution in [2.75, 3.05) is 25.0 Å². The lowest BCUT2D eigenvalue weighted by Gasteiger charge is -2.42. The molecular formula is C20H26ClN3O2S. The van der Waals surface area contributed by atoms with E-state index in [4.69, 9.17) is 5.73 Å². The molecule has 1 aromatic heterocycles. The Balaban J connectivity index is 0.00000261. The number of amides is 2. The van der Waals surface area contributed by atoms with Crippen molar-refractivity contribution in [3.8, 4) is 0 Å². The summed E-state index contributed by atoms with van der Waals surface area (Å²) in [6.45, 7) is 5.44. The molecule has 1 atom stereocenters. The highest BCUT2D eigenvalue weighted by Crippen LogP contribution is 2.30. The number of halogens is 1.